The number of nitrogens with one attached hydrogen (secondary N) is 3. The van der Waals surface area contributed by atoms with Crippen molar-refractivity contribution in [2.75, 3.05) is 13.1 Å². The summed E-state index contributed by atoms with van der Waals surface area (Å²) in [4.78, 5) is 11.3. The lowest BCUT2D eigenvalue weighted by Gasteiger charge is -2.33. The molecule has 4 unspecified atom stereocenters. The molecular weight excluding hydrogens is 453 g/mol. The SMILES string of the molecule is CCc1cc(O)c(F)cc1C1CCC2C(C1)NNC2c1nc2c([nH]1)CCN(Cc1ccccc1)CC2. The Morgan fingerprint density at radius 3 is 2.75 bits per heavy atom. The number of H-pyrrole nitrogens is 1. The molecule has 190 valence electrons. The van der Waals surface area contributed by atoms with Crippen LogP contribution in [0, 0.1) is 11.7 Å². The van der Waals surface area contributed by atoms with Crippen LogP contribution in [0.5, 0.6) is 5.75 Å². The van der Waals surface area contributed by atoms with Crippen LogP contribution in [0.25, 0.3) is 0 Å². The number of phenolic OH excluding ortho intramolecular Hbond substituents is 1. The first-order chi connectivity index (χ1) is 17.6. The summed E-state index contributed by atoms with van der Waals surface area (Å²) in [5.41, 5.74) is 13.0. The van der Waals surface area contributed by atoms with Crippen molar-refractivity contribution in [3.8, 4) is 5.75 Å². The first-order valence-corrected chi connectivity index (χ1v) is 13.4. The van der Waals surface area contributed by atoms with Crippen LogP contribution in [0.2, 0.25) is 0 Å². The minimum Gasteiger partial charge on any atom is -0.505 e. The smallest absolute Gasteiger partial charge is 0.165 e. The summed E-state index contributed by atoms with van der Waals surface area (Å²) >= 11 is 0. The van der Waals surface area contributed by atoms with Gasteiger partial charge in [0, 0.05) is 44.2 Å². The van der Waals surface area contributed by atoms with Crippen LogP contribution in [-0.2, 0) is 25.8 Å². The highest BCUT2D eigenvalue weighted by Crippen LogP contribution is 2.44. The number of nitrogens with zero attached hydrogens (tertiary/aromatic N) is 2. The monoisotopic (exact) mass is 489 g/mol. The second kappa shape index (κ2) is 9.96. The number of hydrogen-bond donors (Lipinski definition) is 4. The number of benzene rings is 2. The van der Waals surface area contributed by atoms with Gasteiger partial charge in [0.05, 0.1) is 11.7 Å². The Morgan fingerprint density at radius 2 is 1.92 bits per heavy atom. The Hall–Kier alpha value is -2.74. The van der Waals surface area contributed by atoms with E-state index in [0.717, 1.165) is 75.1 Å². The van der Waals surface area contributed by atoms with Crippen molar-refractivity contribution in [3.63, 3.8) is 0 Å². The van der Waals surface area contributed by atoms with Crippen molar-refractivity contribution < 1.29 is 9.50 Å². The fourth-order valence-corrected chi connectivity index (χ4v) is 6.60. The lowest BCUT2D eigenvalue weighted by Crippen LogP contribution is -2.35. The number of fused-ring (bicyclic) bond motifs is 2. The van der Waals surface area contributed by atoms with Crippen LogP contribution in [0.3, 0.4) is 0 Å². The van der Waals surface area contributed by atoms with E-state index in [1.807, 2.05) is 0 Å². The predicted octanol–water partition coefficient (Wildman–Crippen LogP) is 4.52. The van der Waals surface area contributed by atoms with Crippen molar-refractivity contribution in [1.82, 2.24) is 25.7 Å². The third kappa shape index (κ3) is 4.56. The van der Waals surface area contributed by atoms with Gasteiger partial charge in [-0.3, -0.25) is 10.3 Å². The lowest BCUT2D eigenvalue weighted by molar-refractivity contribution is 0.273. The maximum Gasteiger partial charge on any atom is 0.165 e. The van der Waals surface area contributed by atoms with Crippen molar-refractivity contribution in [1.29, 1.82) is 0 Å². The van der Waals surface area contributed by atoms with Gasteiger partial charge in [-0.05, 0) is 66.3 Å². The van der Waals surface area contributed by atoms with Crippen LogP contribution >= 0.6 is 0 Å². The van der Waals surface area contributed by atoms with Gasteiger partial charge in [0.15, 0.2) is 11.6 Å². The lowest BCUT2D eigenvalue weighted by atomic mass is 9.73. The molecule has 1 saturated heterocycles. The maximum atomic E-state index is 14.2. The average molecular weight is 490 g/mol. The van der Waals surface area contributed by atoms with E-state index in [4.69, 9.17) is 4.98 Å². The summed E-state index contributed by atoms with van der Waals surface area (Å²) in [7, 11) is 0. The number of aromatic hydroxyl groups is 1. The molecular formula is C29H36FN5O. The molecule has 3 heterocycles. The van der Waals surface area contributed by atoms with Gasteiger partial charge in [0.25, 0.3) is 0 Å². The molecule has 4 N–H and O–H groups in total. The summed E-state index contributed by atoms with van der Waals surface area (Å²) in [6.07, 6.45) is 5.80. The largest absolute Gasteiger partial charge is 0.505 e. The van der Waals surface area contributed by atoms with Crippen LogP contribution < -0.4 is 10.9 Å². The van der Waals surface area contributed by atoms with Gasteiger partial charge in [0.1, 0.15) is 5.82 Å². The van der Waals surface area contributed by atoms with Gasteiger partial charge >= 0.3 is 0 Å². The third-order valence-corrected chi connectivity index (χ3v) is 8.55. The Balaban J connectivity index is 1.11. The van der Waals surface area contributed by atoms with Gasteiger partial charge in [-0.1, -0.05) is 37.3 Å². The molecule has 2 fully saturated rings. The van der Waals surface area contributed by atoms with Crippen LogP contribution in [0.4, 0.5) is 4.39 Å². The standard InChI is InChI=1S/C29H36FN5O/c1-2-19-15-27(36)23(30)16-22(19)20-8-9-21-26(14-20)33-34-28(21)29-31-24-10-12-35(13-11-25(24)32-29)17-18-6-4-3-5-7-18/h3-7,15-16,20-21,26,28,33-34,36H,2,8-14,17H2,1H3,(H,31,32). The van der Waals surface area contributed by atoms with Gasteiger partial charge in [-0.15, -0.1) is 0 Å². The molecule has 2 aliphatic heterocycles. The van der Waals surface area contributed by atoms with Crippen molar-refractivity contribution >= 4 is 0 Å². The quantitative estimate of drug-likeness (QED) is 0.424. The van der Waals surface area contributed by atoms with E-state index >= 15 is 0 Å². The highest BCUT2D eigenvalue weighted by Gasteiger charge is 2.43. The summed E-state index contributed by atoms with van der Waals surface area (Å²) in [6.45, 7) is 5.12. The molecule has 2 aromatic carbocycles. The zero-order valence-corrected chi connectivity index (χ0v) is 20.9. The molecule has 6 nitrogen and oxygen atoms in total. The van der Waals surface area contributed by atoms with Crippen LogP contribution in [0.15, 0.2) is 42.5 Å². The Kier molecular flexibility index (Phi) is 6.54. The van der Waals surface area contributed by atoms with E-state index < -0.39 is 5.82 Å². The highest BCUT2D eigenvalue weighted by molar-refractivity contribution is 5.39. The fourth-order valence-electron chi connectivity index (χ4n) is 6.60. The Labute approximate surface area is 212 Å². The summed E-state index contributed by atoms with van der Waals surface area (Å²) in [5, 5.41) is 9.82. The van der Waals surface area contributed by atoms with Crippen molar-refractivity contribution in [2.45, 2.75) is 70.0 Å². The second-order valence-corrected chi connectivity index (χ2v) is 10.7. The van der Waals surface area contributed by atoms with Crippen molar-refractivity contribution in [2.24, 2.45) is 5.92 Å². The normalized spacial score (nSPS) is 26.4. The molecule has 0 spiro atoms. The van der Waals surface area contributed by atoms with Gasteiger partial charge in [-0.2, -0.15) is 0 Å². The second-order valence-electron chi connectivity index (χ2n) is 10.7. The van der Waals surface area contributed by atoms with Crippen LogP contribution in [-0.4, -0.2) is 39.1 Å². The molecule has 0 bridgehead atoms. The molecule has 1 saturated carbocycles. The number of hydrogen-bond acceptors (Lipinski definition) is 5. The van der Waals surface area contributed by atoms with E-state index in [2.05, 4.69) is 58.0 Å². The molecule has 3 aliphatic rings. The molecule has 6 rings (SSSR count). The zero-order valence-electron chi connectivity index (χ0n) is 20.9. The maximum absolute atomic E-state index is 14.2. The van der Waals surface area contributed by atoms with E-state index in [1.54, 1.807) is 12.1 Å². The minimum absolute atomic E-state index is 0.172. The summed E-state index contributed by atoms with van der Waals surface area (Å²) < 4.78 is 14.2. The first kappa shape index (κ1) is 23.6. The fraction of sp³-hybridized carbons (Fsp3) is 0.483. The zero-order chi connectivity index (χ0) is 24.6. The topological polar surface area (TPSA) is 76.2 Å². The summed E-state index contributed by atoms with van der Waals surface area (Å²) in [6, 6.07) is 14.3. The number of aromatic amines is 1. The van der Waals surface area contributed by atoms with Gasteiger partial charge < -0.3 is 10.1 Å². The van der Waals surface area contributed by atoms with Crippen LogP contribution in [0.1, 0.15) is 72.0 Å². The Bertz CT molecular complexity index is 1190. The highest BCUT2D eigenvalue weighted by atomic mass is 19.1. The Morgan fingerprint density at radius 1 is 1.08 bits per heavy atom. The molecule has 3 aromatic rings. The van der Waals surface area contributed by atoms with Crippen molar-refractivity contribution in [3.05, 3.63) is 82.2 Å². The third-order valence-electron chi connectivity index (χ3n) is 8.55. The number of aromatic nitrogens is 2. The van der Waals surface area contributed by atoms with E-state index in [0.29, 0.717) is 17.9 Å². The average Bonchev–Trinajstić information content (AvgIpc) is 3.46. The molecule has 0 radical (unpaired) electrons. The van der Waals surface area contributed by atoms with E-state index in [1.165, 1.54) is 17.0 Å². The number of hydrazine groups is 1. The van der Waals surface area contributed by atoms with E-state index in [-0.39, 0.29) is 11.8 Å². The molecule has 7 heteroatoms. The molecule has 4 atom stereocenters. The van der Waals surface area contributed by atoms with Gasteiger partial charge in [0.2, 0.25) is 0 Å². The first-order valence-electron chi connectivity index (χ1n) is 13.4. The minimum atomic E-state index is -0.515. The number of phenols is 1. The number of imidazole rings is 1. The van der Waals surface area contributed by atoms with E-state index in [9.17, 15) is 9.50 Å². The molecule has 1 aromatic heterocycles. The summed E-state index contributed by atoms with van der Waals surface area (Å²) in [5.74, 6) is 1.05. The van der Waals surface area contributed by atoms with Gasteiger partial charge in [-0.25, -0.2) is 14.8 Å². The molecule has 0 amide bonds. The number of halogens is 1. The number of rotatable bonds is 5. The predicted molar refractivity (Wildman–Crippen MR) is 138 cm³/mol. The molecule has 36 heavy (non-hydrogen) atoms. The number of aryl methyl sites for hydroxylation is 1. The molecule has 1 aliphatic carbocycles.